The van der Waals surface area contributed by atoms with Crippen LogP contribution in [0.25, 0.3) is 0 Å². The maximum absolute atomic E-state index is 12.9. The molecular weight excluding hydrogens is 404 g/mol. The zero-order chi connectivity index (χ0) is 23.6. The number of aliphatic carboxylic acids is 1. The van der Waals surface area contributed by atoms with Crippen LogP contribution in [0.15, 0.2) is 24.3 Å². The van der Waals surface area contributed by atoms with Gasteiger partial charge in [-0.25, -0.2) is 0 Å². The molecule has 0 radical (unpaired) electrons. The molecule has 0 aliphatic heterocycles. The van der Waals surface area contributed by atoms with Crippen LogP contribution in [0.2, 0.25) is 0 Å². The fraction of sp³-hybridized carbons (Fsp3) is 0.704. The van der Waals surface area contributed by atoms with Crippen LogP contribution in [0.4, 0.5) is 0 Å². The molecule has 1 N–H and O–H groups in total. The first kappa shape index (κ1) is 28.2. The largest absolute Gasteiger partial charge is 0.497 e. The predicted octanol–water partition coefficient (Wildman–Crippen LogP) is 6.47. The molecule has 1 aromatic rings. The highest BCUT2D eigenvalue weighted by molar-refractivity contribution is 5.80. The fourth-order valence-electron chi connectivity index (χ4n) is 4.03. The molecule has 0 bridgehead atoms. The Morgan fingerprint density at radius 3 is 2.25 bits per heavy atom. The highest BCUT2D eigenvalue weighted by Crippen LogP contribution is 2.23. The van der Waals surface area contributed by atoms with E-state index in [1.54, 1.807) is 7.11 Å². The molecule has 0 amide bonds. The number of hydrogen-bond donors (Lipinski definition) is 1. The van der Waals surface area contributed by atoms with E-state index >= 15 is 0 Å². The van der Waals surface area contributed by atoms with Crippen molar-refractivity contribution < 1.29 is 24.2 Å². The molecule has 0 aliphatic carbocycles. The molecule has 5 nitrogen and oxygen atoms in total. The lowest BCUT2D eigenvalue weighted by molar-refractivity contribution is -0.138. The average Bonchev–Trinajstić information content (AvgIpc) is 2.78. The standard InChI is InChI=1S/C27H44O5/c1-4-5-12-24(13-6-9-22(2)10-8-20-32-21-19-27(29)30)26(28)14-7-11-23-15-17-25(31-3)18-16-23/h15-18,22,24H,4-14,19-21H2,1-3H3,(H,29,30). The lowest BCUT2D eigenvalue weighted by Gasteiger charge is -2.17. The van der Waals surface area contributed by atoms with E-state index in [1.165, 1.54) is 5.56 Å². The smallest absolute Gasteiger partial charge is 0.305 e. The molecule has 0 aliphatic rings. The molecule has 2 atom stereocenters. The highest BCUT2D eigenvalue weighted by Gasteiger charge is 2.18. The Kier molecular flexibility index (Phi) is 15.5. The molecule has 2 unspecified atom stereocenters. The van der Waals surface area contributed by atoms with Gasteiger partial charge in [-0.05, 0) is 62.1 Å². The van der Waals surface area contributed by atoms with Gasteiger partial charge in [0.2, 0.25) is 0 Å². The van der Waals surface area contributed by atoms with Crippen LogP contribution < -0.4 is 4.74 Å². The van der Waals surface area contributed by atoms with Crippen LogP contribution in [-0.4, -0.2) is 37.2 Å². The van der Waals surface area contributed by atoms with Crippen LogP contribution in [0.5, 0.6) is 5.75 Å². The van der Waals surface area contributed by atoms with Crippen LogP contribution in [0.3, 0.4) is 0 Å². The molecule has 0 heterocycles. The zero-order valence-corrected chi connectivity index (χ0v) is 20.4. The maximum atomic E-state index is 12.9. The van der Waals surface area contributed by atoms with Gasteiger partial charge in [0.15, 0.2) is 0 Å². The minimum absolute atomic E-state index is 0.0722. The average molecular weight is 449 g/mol. The number of benzene rings is 1. The molecule has 32 heavy (non-hydrogen) atoms. The van der Waals surface area contributed by atoms with Gasteiger partial charge in [0.05, 0.1) is 20.1 Å². The quantitative estimate of drug-likeness (QED) is 0.231. The summed E-state index contributed by atoms with van der Waals surface area (Å²) in [6.07, 6.45) is 11.1. The van der Waals surface area contributed by atoms with Gasteiger partial charge in [0.1, 0.15) is 11.5 Å². The first-order valence-corrected chi connectivity index (χ1v) is 12.4. The molecule has 0 aromatic heterocycles. The van der Waals surface area contributed by atoms with Crippen molar-refractivity contribution in [2.24, 2.45) is 11.8 Å². The summed E-state index contributed by atoms with van der Waals surface area (Å²) in [4.78, 5) is 23.3. The number of ether oxygens (including phenoxy) is 2. The van der Waals surface area contributed by atoms with Gasteiger partial charge in [-0.3, -0.25) is 9.59 Å². The summed E-state index contributed by atoms with van der Waals surface area (Å²) in [5.74, 6) is 1.30. The second-order valence-corrected chi connectivity index (χ2v) is 8.94. The second kappa shape index (κ2) is 17.6. The zero-order valence-electron chi connectivity index (χ0n) is 20.4. The summed E-state index contributed by atoms with van der Waals surface area (Å²) in [6, 6.07) is 8.11. The normalized spacial score (nSPS) is 13.0. The Hall–Kier alpha value is -1.88. The summed E-state index contributed by atoms with van der Waals surface area (Å²) in [7, 11) is 1.67. The van der Waals surface area contributed by atoms with E-state index in [0.29, 0.717) is 31.3 Å². The Balaban J connectivity index is 2.26. The summed E-state index contributed by atoms with van der Waals surface area (Å²) < 4.78 is 10.6. The van der Waals surface area contributed by atoms with Crippen molar-refractivity contribution in [1.29, 1.82) is 0 Å². The van der Waals surface area contributed by atoms with Crippen LogP contribution in [0, 0.1) is 11.8 Å². The van der Waals surface area contributed by atoms with Gasteiger partial charge < -0.3 is 14.6 Å². The van der Waals surface area contributed by atoms with E-state index in [-0.39, 0.29) is 12.3 Å². The molecule has 0 spiro atoms. The first-order valence-electron chi connectivity index (χ1n) is 12.4. The van der Waals surface area contributed by atoms with E-state index in [2.05, 4.69) is 26.0 Å². The van der Waals surface area contributed by atoms with Gasteiger partial charge >= 0.3 is 5.97 Å². The van der Waals surface area contributed by atoms with Crippen molar-refractivity contribution in [2.75, 3.05) is 20.3 Å². The number of ketones is 1. The fourth-order valence-corrected chi connectivity index (χ4v) is 4.03. The highest BCUT2D eigenvalue weighted by atomic mass is 16.5. The van der Waals surface area contributed by atoms with Crippen molar-refractivity contribution in [3.63, 3.8) is 0 Å². The Morgan fingerprint density at radius 2 is 1.59 bits per heavy atom. The molecule has 0 fully saturated rings. The maximum Gasteiger partial charge on any atom is 0.305 e. The van der Waals surface area contributed by atoms with E-state index in [4.69, 9.17) is 14.6 Å². The Bertz CT molecular complexity index is 625. The third-order valence-electron chi connectivity index (χ3n) is 6.10. The number of hydrogen-bond acceptors (Lipinski definition) is 4. The number of aryl methyl sites for hydroxylation is 1. The molecule has 0 saturated heterocycles. The van der Waals surface area contributed by atoms with E-state index < -0.39 is 5.97 Å². The summed E-state index contributed by atoms with van der Waals surface area (Å²) in [5, 5.41) is 8.60. The molecular formula is C27H44O5. The molecule has 1 rings (SSSR count). The monoisotopic (exact) mass is 448 g/mol. The number of methoxy groups -OCH3 is 1. The van der Waals surface area contributed by atoms with E-state index in [9.17, 15) is 9.59 Å². The molecule has 1 aromatic carbocycles. The summed E-state index contributed by atoms with van der Waals surface area (Å²) >= 11 is 0. The summed E-state index contributed by atoms with van der Waals surface area (Å²) in [5.41, 5.74) is 1.25. The van der Waals surface area contributed by atoms with Crippen LogP contribution in [-0.2, 0) is 20.7 Å². The number of rotatable bonds is 20. The van der Waals surface area contributed by atoms with Crippen molar-refractivity contribution in [2.45, 2.75) is 90.9 Å². The number of carbonyl (C=O) groups excluding carboxylic acids is 1. The minimum Gasteiger partial charge on any atom is -0.497 e. The Morgan fingerprint density at radius 1 is 0.906 bits per heavy atom. The first-order chi connectivity index (χ1) is 15.5. The van der Waals surface area contributed by atoms with Gasteiger partial charge in [0.25, 0.3) is 0 Å². The number of carboxylic acid groups (broad SMARTS) is 1. The lowest BCUT2D eigenvalue weighted by atomic mass is 9.87. The van der Waals surface area contributed by atoms with Crippen molar-refractivity contribution >= 4 is 11.8 Å². The van der Waals surface area contributed by atoms with Gasteiger partial charge in [-0.2, -0.15) is 0 Å². The number of unbranched alkanes of at least 4 members (excludes halogenated alkanes) is 1. The van der Waals surface area contributed by atoms with Crippen LogP contribution in [0.1, 0.15) is 90.0 Å². The third kappa shape index (κ3) is 13.5. The van der Waals surface area contributed by atoms with Gasteiger partial charge in [0, 0.05) is 18.9 Å². The molecule has 182 valence electrons. The van der Waals surface area contributed by atoms with E-state index in [1.807, 2.05) is 12.1 Å². The molecule has 5 heteroatoms. The predicted molar refractivity (Wildman–Crippen MR) is 129 cm³/mol. The van der Waals surface area contributed by atoms with Crippen molar-refractivity contribution in [3.05, 3.63) is 29.8 Å². The SMILES string of the molecule is CCCCC(CCCC(C)CCCOCCC(=O)O)C(=O)CCCc1ccc(OC)cc1. The van der Waals surface area contributed by atoms with Gasteiger partial charge in [-0.15, -0.1) is 0 Å². The topological polar surface area (TPSA) is 72.8 Å². The minimum atomic E-state index is -0.814. The number of carboxylic acids is 1. The van der Waals surface area contributed by atoms with Crippen LogP contribution >= 0.6 is 0 Å². The van der Waals surface area contributed by atoms with Crippen molar-refractivity contribution in [1.82, 2.24) is 0 Å². The van der Waals surface area contributed by atoms with E-state index in [0.717, 1.165) is 70.0 Å². The van der Waals surface area contributed by atoms with Crippen molar-refractivity contribution in [3.8, 4) is 5.75 Å². The molecule has 0 saturated carbocycles. The lowest BCUT2D eigenvalue weighted by Crippen LogP contribution is -2.15. The third-order valence-corrected chi connectivity index (χ3v) is 6.10. The van der Waals surface area contributed by atoms with Gasteiger partial charge in [-0.1, -0.05) is 51.7 Å². The number of carbonyl (C=O) groups is 2. The summed E-state index contributed by atoms with van der Waals surface area (Å²) in [6.45, 7) is 5.37. The number of Topliss-reactive ketones (excluding diaryl/α,β-unsaturated/α-hetero) is 1. The Labute approximate surface area is 194 Å². The second-order valence-electron chi connectivity index (χ2n) is 8.94.